The zero-order valence-corrected chi connectivity index (χ0v) is 11.0. The molecule has 0 bridgehead atoms. The molecule has 1 aromatic carbocycles. The van der Waals surface area contributed by atoms with Gasteiger partial charge in [0.15, 0.2) is 5.82 Å². The minimum atomic E-state index is 0.516. The van der Waals surface area contributed by atoms with Crippen molar-refractivity contribution in [3.05, 3.63) is 30.5 Å². The van der Waals surface area contributed by atoms with Crippen LogP contribution in [0.1, 0.15) is 19.3 Å². The van der Waals surface area contributed by atoms with Gasteiger partial charge >= 0.3 is 0 Å². The summed E-state index contributed by atoms with van der Waals surface area (Å²) < 4.78 is 0. The van der Waals surface area contributed by atoms with Crippen LogP contribution in [0.4, 0.5) is 5.82 Å². The highest BCUT2D eigenvalue weighted by Gasteiger charge is 2.26. The van der Waals surface area contributed by atoms with Crippen molar-refractivity contribution in [1.82, 2.24) is 10.2 Å². The van der Waals surface area contributed by atoms with E-state index < -0.39 is 0 Å². The van der Waals surface area contributed by atoms with E-state index in [2.05, 4.69) is 33.3 Å². The van der Waals surface area contributed by atoms with Crippen molar-refractivity contribution in [3.63, 3.8) is 0 Å². The molecule has 4 heteroatoms. The normalized spacial score (nSPS) is 19.6. The Morgan fingerprint density at radius 1 is 1.33 bits per heavy atom. The van der Waals surface area contributed by atoms with Gasteiger partial charge in [-0.05, 0) is 19.3 Å². The van der Waals surface area contributed by atoms with Crippen molar-refractivity contribution in [2.24, 2.45) is 0 Å². The van der Waals surface area contributed by atoms with Crippen LogP contribution in [0, 0.1) is 0 Å². The second-order valence-corrected chi connectivity index (χ2v) is 5.10. The van der Waals surface area contributed by atoms with Gasteiger partial charge in [-0.25, -0.2) is 0 Å². The number of rotatable bonds is 3. The van der Waals surface area contributed by atoms with E-state index in [4.69, 9.17) is 11.6 Å². The van der Waals surface area contributed by atoms with Gasteiger partial charge in [-0.1, -0.05) is 24.3 Å². The van der Waals surface area contributed by atoms with Crippen LogP contribution in [0.5, 0.6) is 0 Å². The molecule has 18 heavy (non-hydrogen) atoms. The Morgan fingerprint density at radius 2 is 2.22 bits per heavy atom. The van der Waals surface area contributed by atoms with E-state index in [0.29, 0.717) is 11.9 Å². The average Bonchev–Trinajstić information content (AvgIpc) is 2.87. The molecule has 1 saturated heterocycles. The SMILES string of the molecule is ClCCC1CCCN1c1nncc2ccccc12. The minimum Gasteiger partial charge on any atom is -0.352 e. The van der Waals surface area contributed by atoms with Crippen LogP contribution in [0.25, 0.3) is 10.8 Å². The molecule has 0 radical (unpaired) electrons. The molecule has 0 saturated carbocycles. The number of alkyl halides is 1. The molecule has 1 atom stereocenters. The number of anilines is 1. The van der Waals surface area contributed by atoms with Gasteiger partial charge in [0.05, 0.1) is 6.20 Å². The monoisotopic (exact) mass is 261 g/mol. The fourth-order valence-corrected chi connectivity index (χ4v) is 3.02. The zero-order chi connectivity index (χ0) is 12.4. The zero-order valence-electron chi connectivity index (χ0n) is 10.2. The lowest BCUT2D eigenvalue weighted by molar-refractivity contribution is 0.642. The average molecular weight is 262 g/mol. The maximum atomic E-state index is 5.89. The van der Waals surface area contributed by atoms with Crippen LogP contribution < -0.4 is 4.90 Å². The van der Waals surface area contributed by atoms with E-state index in [0.717, 1.165) is 24.2 Å². The Kier molecular flexibility index (Phi) is 3.33. The molecule has 0 spiro atoms. The second-order valence-electron chi connectivity index (χ2n) is 4.72. The van der Waals surface area contributed by atoms with Crippen LogP contribution in [0.15, 0.2) is 30.5 Å². The highest BCUT2D eigenvalue weighted by Crippen LogP contribution is 2.30. The summed E-state index contributed by atoms with van der Waals surface area (Å²) in [7, 11) is 0. The molecular formula is C14H16ClN3. The molecule has 1 unspecified atom stereocenters. The van der Waals surface area contributed by atoms with Gasteiger partial charge in [-0.2, -0.15) is 5.10 Å². The lowest BCUT2D eigenvalue weighted by Crippen LogP contribution is -2.30. The maximum Gasteiger partial charge on any atom is 0.159 e. The standard InChI is InChI=1S/C14H16ClN3/c15-8-7-12-5-3-9-18(12)14-13-6-2-1-4-11(13)10-16-17-14/h1-2,4,6,10,12H,3,5,7-9H2. The number of halogens is 1. The minimum absolute atomic E-state index is 0.516. The summed E-state index contributed by atoms with van der Waals surface area (Å²) >= 11 is 5.89. The van der Waals surface area contributed by atoms with Crippen molar-refractivity contribution in [3.8, 4) is 0 Å². The molecule has 1 aliphatic heterocycles. The van der Waals surface area contributed by atoms with Crippen molar-refractivity contribution in [2.45, 2.75) is 25.3 Å². The van der Waals surface area contributed by atoms with Gasteiger partial charge in [0.25, 0.3) is 0 Å². The Balaban J connectivity index is 2.03. The topological polar surface area (TPSA) is 29.0 Å². The van der Waals surface area contributed by atoms with Gasteiger partial charge in [0.1, 0.15) is 0 Å². The van der Waals surface area contributed by atoms with E-state index in [9.17, 15) is 0 Å². The number of hydrogen-bond donors (Lipinski definition) is 0. The van der Waals surface area contributed by atoms with E-state index in [1.807, 2.05) is 12.3 Å². The second kappa shape index (κ2) is 5.11. The largest absolute Gasteiger partial charge is 0.352 e. The summed E-state index contributed by atoms with van der Waals surface area (Å²) in [5.41, 5.74) is 0. The maximum absolute atomic E-state index is 5.89. The summed E-state index contributed by atoms with van der Waals surface area (Å²) in [6.07, 6.45) is 5.27. The molecule has 1 aromatic heterocycles. The Bertz CT molecular complexity index is 538. The third kappa shape index (κ3) is 2.03. The van der Waals surface area contributed by atoms with E-state index >= 15 is 0 Å². The van der Waals surface area contributed by atoms with Crippen LogP contribution in [-0.4, -0.2) is 28.7 Å². The van der Waals surface area contributed by atoms with Crippen molar-refractivity contribution < 1.29 is 0 Å². The van der Waals surface area contributed by atoms with Gasteiger partial charge in [-0.15, -0.1) is 16.7 Å². The summed E-state index contributed by atoms with van der Waals surface area (Å²) in [4.78, 5) is 2.37. The molecular weight excluding hydrogens is 246 g/mol. The van der Waals surface area contributed by atoms with Crippen molar-refractivity contribution >= 4 is 28.2 Å². The van der Waals surface area contributed by atoms with Crippen LogP contribution in [-0.2, 0) is 0 Å². The van der Waals surface area contributed by atoms with Gasteiger partial charge in [0.2, 0.25) is 0 Å². The molecule has 0 amide bonds. The third-order valence-corrected chi connectivity index (χ3v) is 3.86. The molecule has 0 N–H and O–H groups in total. The van der Waals surface area contributed by atoms with Gasteiger partial charge in [0, 0.05) is 29.2 Å². The van der Waals surface area contributed by atoms with Gasteiger partial charge < -0.3 is 4.90 Å². The smallest absolute Gasteiger partial charge is 0.159 e. The Labute approximate surface area is 112 Å². The highest BCUT2D eigenvalue weighted by atomic mass is 35.5. The number of nitrogens with zero attached hydrogens (tertiary/aromatic N) is 3. The Hall–Kier alpha value is -1.35. The quantitative estimate of drug-likeness (QED) is 0.795. The summed E-state index contributed by atoms with van der Waals surface area (Å²) in [6.45, 7) is 1.06. The number of aromatic nitrogens is 2. The Morgan fingerprint density at radius 3 is 3.11 bits per heavy atom. The highest BCUT2D eigenvalue weighted by molar-refractivity contribution is 6.17. The first-order valence-electron chi connectivity index (χ1n) is 6.43. The first-order valence-corrected chi connectivity index (χ1v) is 6.96. The fourth-order valence-electron chi connectivity index (χ4n) is 2.77. The molecule has 1 fully saturated rings. The third-order valence-electron chi connectivity index (χ3n) is 3.64. The number of benzene rings is 1. The number of hydrogen-bond acceptors (Lipinski definition) is 3. The fraction of sp³-hybridized carbons (Fsp3) is 0.429. The molecule has 94 valence electrons. The molecule has 2 heterocycles. The summed E-state index contributed by atoms with van der Waals surface area (Å²) in [5, 5.41) is 10.8. The lowest BCUT2D eigenvalue weighted by atomic mass is 10.1. The predicted octanol–water partition coefficient (Wildman–Crippen LogP) is 3.23. The summed E-state index contributed by atoms with van der Waals surface area (Å²) in [5.74, 6) is 1.72. The molecule has 3 rings (SSSR count). The van der Waals surface area contributed by atoms with Crippen molar-refractivity contribution in [2.75, 3.05) is 17.3 Å². The van der Waals surface area contributed by atoms with Crippen LogP contribution in [0.3, 0.4) is 0 Å². The van der Waals surface area contributed by atoms with Crippen molar-refractivity contribution in [1.29, 1.82) is 0 Å². The first kappa shape index (κ1) is 11.7. The lowest BCUT2D eigenvalue weighted by Gasteiger charge is -2.25. The van der Waals surface area contributed by atoms with Crippen LogP contribution in [0.2, 0.25) is 0 Å². The van der Waals surface area contributed by atoms with E-state index in [-0.39, 0.29) is 0 Å². The first-order chi connectivity index (χ1) is 8.90. The predicted molar refractivity (Wildman–Crippen MR) is 75.2 cm³/mol. The molecule has 1 aliphatic rings. The molecule has 2 aromatic rings. The van der Waals surface area contributed by atoms with Crippen LogP contribution >= 0.6 is 11.6 Å². The van der Waals surface area contributed by atoms with E-state index in [1.165, 1.54) is 18.2 Å². The summed E-state index contributed by atoms with van der Waals surface area (Å²) in [6, 6.07) is 8.81. The molecule has 3 nitrogen and oxygen atoms in total. The van der Waals surface area contributed by atoms with E-state index in [1.54, 1.807) is 0 Å². The molecule has 0 aliphatic carbocycles. The number of fused-ring (bicyclic) bond motifs is 1. The van der Waals surface area contributed by atoms with Gasteiger partial charge in [-0.3, -0.25) is 0 Å².